The number of aromatic nitrogens is 5. The first-order valence-corrected chi connectivity index (χ1v) is 13.1. The topological polar surface area (TPSA) is 71.8 Å². The van der Waals surface area contributed by atoms with Crippen LogP contribution in [-0.2, 0) is 25.9 Å². The molecule has 1 N–H and O–H groups in total. The van der Waals surface area contributed by atoms with Gasteiger partial charge in [0.15, 0.2) is 5.82 Å². The van der Waals surface area contributed by atoms with Crippen LogP contribution in [0.1, 0.15) is 53.2 Å². The number of anilines is 1. The van der Waals surface area contributed by atoms with E-state index in [0.29, 0.717) is 6.54 Å². The number of thiophene rings is 1. The summed E-state index contributed by atoms with van der Waals surface area (Å²) < 4.78 is 2.21. The number of piperidine rings is 1. The number of nitrogens with zero attached hydrogens (tertiary/aromatic N) is 6. The van der Waals surface area contributed by atoms with Crippen LogP contribution in [0.3, 0.4) is 0 Å². The normalized spacial score (nSPS) is 16.6. The summed E-state index contributed by atoms with van der Waals surface area (Å²) in [6, 6.07) is 8.56. The summed E-state index contributed by atoms with van der Waals surface area (Å²) in [6.45, 7) is 10.3. The minimum atomic E-state index is 0.572. The zero-order chi connectivity index (χ0) is 23.2. The van der Waals surface area contributed by atoms with Crippen molar-refractivity contribution in [3.05, 3.63) is 57.7 Å². The van der Waals surface area contributed by atoms with Crippen molar-refractivity contribution in [2.45, 2.75) is 59.5 Å². The van der Waals surface area contributed by atoms with Crippen molar-refractivity contribution in [1.82, 2.24) is 29.6 Å². The number of aryl methyl sites for hydroxylation is 4. The molecule has 0 saturated carbocycles. The molecule has 176 valence electrons. The largest absolute Gasteiger partial charge is 0.362 e. The molecule has 0 aliphatic carbocycles. The summed E-state index contributed by atoms with van der Waals surface area (Å²) >= 11 is 1.76. The van der Waals surface area contributed by atoms with Gasteiger partial charge in [0.2, 0.25) is 0 Å². The zero-order valence-corrected chi connectivity index (χ0v) is 21.0. The van der Waals surface area contributed by atoms with E-state index < -0.39 is 0 Å². The number of hydrogen-bond acceptors (Lipinski definition) is 7. The lowest BCUT2D eigenvalue weighted by Gasteiger charge is -2.29. The number of nitrogens with one attached hydrogen (secondary N) is 1. The molecule has 5 heterocycles. The molecule has 0 spiro atoms. The molecule has 0 bridgehead atoms. The van der Waals surface area contributed by atoms with E-state index in [1.54, 1.807) is 11.3 Å². The van der Waals surface area contributed by atoms with Gasteiger partial charge in [0, 0.05) is 11.3 Å². The van der Waals surface area contributed by atoms with Gasteiger partial charge in [-0.2, -0.15) is 0 Å². The summed E-state index contributed by atoms with van der Waals surface area (Å²) in [5.74, 6) is 4.59. The number of benzene rings is 1. The number of hydrogen-bond donors (Lipinski definition) is 1. The van der Waals surface area contributed by atoms with Gasteiger partial charge in [-0.15, -0.1) is 21.5 Å². The fraction of sp³-hybridized carbons (Fsp3) is 0.462. The van der Waals surface area contributed by atoms with E-state index in [9.17, 15) is 0 Å². The minimum Gasteiger partial charge on any atom is -0.362 e. The second kappa shape index (κ2) is 8.74. The Bertz CT molecular complexity index is 1350. The van der Waals surface area contributed by atoms with E-state index in [1.807, 2.05) is 0 Å². The van der Waals surface area contributed by atoms with Crippen LogP contribution >= 0.6 is 11.3 Å². The Labute approximate surface area is 204 Å². The Kier molecular flexibility index (Phi) is 5.57. The monoisotopic (exact) mass is 473 g/mol. The van der Waals surface area contributed by atoms with E-state index in [2.05, 4.69) is 70.0 Å². The van der Waals surface area contributed by atoms with Crippen molar-refractivity contribution in [2.24, 2.45) is 5.92 Å². The highest BCUT2D eigenvalue weighted by Gasteiger charge is 2.22. The van der Waals surface area contributed by atoms with Gasteiger partial charge < -0.3 is 5.32 Å². The lowest BCUT2D eigenvalue weighted by Crippen LogP contribution is -2.33. The van der Waals surface area contributed by atoms with Crippen LogP contribution in [0.4, 0.5) is 5.82 Å². The molecule has 0 amide bonds. The molecule has 1 saturated heterocycles. The summed E-state index contributed by atoms with van der Waals surface area (Å²) in [6.07, 6.45) is 4.44. The third-order valence-electron chi connectivity index (χ3n) is 7.38. The van der Waals surface area contributed by atoms with Crippen LogP contribution < -0.4 is 5.32 Å². The third kappa shape index (κ3) is 3.88. The summed E-state index contributed by atoms with van der Waals surface area (Å²) in [4.78, 5) is 14.9. The molecule has 6 rings (SSSR count). The molecule has 7 nitrogen and oxygen atoms in total. The average Bonchev–Trinajstić information content (AvgIpc) is 3.39. The van der Waals surface area contributed by atoms with Crippen LogP contribution in [0.15, 0.2) is 24.3 Å². The fourth-order valence-corrected chi connectivity index (χ4v) is 6.22. The van der Waals surface area contributed by atoms with Gasteiger partial charge >= 0.3 is 0 Å². The maximum atomic E-state index is 5.03. The van der Waals surface area contributed by atoms with Crippen molar-refractivity contribution in [3.63, 3.8) is 0 Å². The molecule has 3 aromatic heterocycles. The second-order valence-electron chi connectivity index (χ2n) is 9.76. The van der Waals surface area contributed by atoms with E-state index in [1.165, 1.54) is 34.5 Å². The smallest absolute Gasteiger partial charge is 0.157 e. The third-order valence-corrected chi connectivity index (χ3v) is 8.48. The first-order valence-electron chi connectivity index (χ1n) is 12.3. The van der Waals surface area contributed by atoms with Crippen molar-refractivity contribution in [3.8, 4) is 5.69 Å². The highest BCUT2D eigenvalue weighted by atomic mass is 32.1. The van der Waals surface area contributed by atoms with Gasteiger partial charge in [0.05, 0.1) is 24.2 Å². The Morgan fingerprint density at radius 1 is 1.06 bits per heavy atom. The molecule has 4 aromatic rings. The fourth-order valence-electron chi connectivity index (χ4n) is 5.17. The molecule has 1 aromatic carbocycles. The minimum absolute atomic E-state index is 0.572. The van der Waals surface area contributed by atoms with Crippen molar-refractivity contribution >= 4 is 27.4 Å². The first-order chi connectivity index (χ1) is 16.6. The van der Waals surface area contributed by atoms with Gasteiger partial charge in [0.25, 0.3) is 0 Å². The average molecular weight is 474 g/mol. The molecule has 0 radical (unpaired) electrons. The zero-order valence-electron chi connectivity index (χ0n) is 20.1. The van der Waals surface area contributed by atoms with Crippen LogP contribution in [0.25, 0.3) is 15.9 Å². The predicted molar refractivity (Wildman–Crippen MR) is 137 cm³/mol. The lowest BCUT2D eigenvalue weighted by atomic mass is 9.99. The standard InChI is InChI=1S/C26H31N7S/c1-16-10-12-32(13-11-16)15-21-28-25(24-17(2)18(3)34-26(24)29-21)27-14-23-31-30-22-9-8-19-6-4-5-7-20(19)33(22)23/h4-7,16H,8-15H2,1-3H3,(H,27,28,29). The van der Waals surface area contributed by atoms with Gasteiger partial charge in [-0.3, -0.25) is 9.47 Å². The van der Waals surface area contributed by atoms with E-state index >= 15 is 0 Å². The van der Waals surface area contributed by atoms with Crippen LogP contribution in [-0.4, -0.2) is 42.7 Å². The van der Waals surface area contributed by atoms with Crippen LogP contribution in [0, 0.1) is 19.8 Å². The summed E-state index contributed by atoms with van der Waals surface area (Å²) in [7, 11) is 0. The van der Waals surface area contributed by atoms with Crippen molar-refractivity contribution in [1.29, 1.82) is 0 Å². The molecular formula is C26H31N7S. The second-order valence-corrected chi connectivity index (χ2v) is 11.0. The van der Waals surface area contributed by atoms with E-state index in [-0.39, 0.29) is 0 Å². The van der Waals surface area contributed by atoms with Crippen molar-refractivity contribution in [2.75, 3.05) is 18.4 Å². The number of fused-ring (bicyclic) bond motifs is 4. The van der Waals surface area contributed by atoms with Crippen molar-refractivity contribution < 1.29 is 0 Å². The van der Waals surface area contributed by atoms with Gasteiger partial charge in [-0.05, 0) is 69.3 Å². The molecule has 34 heavy (non-hydrogen) atoms. The van der Waals surface area contributed by atoms with Gasteiger partial charge in [-0.1, -0.05) is 25.1 Å². The molecule has 0 unspecified atom stereocenters. The predicted octanol–water partition coefficient (Wildman–Crippen LogP) is 4.83. The maximum absolute atomic E-state index is 5.03. The quantitative estimate of drug-likeness (QED) is 0.448. The highest BCUT2D eigenvalue weighted by Crippen LogP contribution is 2.34. The molecule has 2 aliphatic heterocycles. The Morgan fingerprint density at radius 2 is 1.88 bits per heavy atom. The molecule has 8 heteroatoms. The summed E-state index contributed by atoms with van der Waals surface area (Å²) in [5.41, 5.74) is 3.80. The first kappa shape index (κ1) is 21.7. The molecule has 1 fully saturated rings. The molecule has 2 aliphatic rings. The number of rotatable bonds is 5. The SMILES string of the molecule is Cc1sc2nc(CN3CCC(C)CC3)nc(NCc3nnc4n3-c3ccccc3CC4)c2c1C. The Balaban J connectivity index is 1.31. The number of likely N-dealkylation sites (tertiary alicyclic amines) is 1. The lowest BCUT2D eigenvalue weighted by molar-refractivity contribution is 0.181. The Morgan fingerprint density at radius 3 is 2.74 bits per heavy atom. The highest BCUT2D eigenvalue weighted by molar-refractivity contribution is 7.18. The molecular weight excluding hydrogens is 442 g/mol. The summed E-state index contributed by atoms with van der Waals surface area (Å²) in [5, 5.41) is 13.8. The molecule has 0 atom stereocenters. The van der Waals surface area contributed by atoms with E-state index in [0.717, 1.165) is 71.9 Å². The van der Waals surface area contributed by atoms with Gasteiger partial charge in [-0.25, -0.2) is 9.97 Å². The maximum Gasteiger partial charge on any atom is 0.157 e. The van der Waals surface area contributed by atoms with Crippen LogP contribution in [0.2, 0.25) is 0 Å². The van der Waals surface area contributed by atoms with Gasteiger partial charge in [0.1, 0.15) is 22.3 Å². The van der Waals surface area contributed by atoms with E-state index in [4.69, 9.17) is 9.97 Å². The van der Waals surface area contributed by atoms with Crippen LogP contribution in [0.5, 0.6) is 0 Å². The Hall–Kier alpha value is -2.84. The number of para-hydroxylation sites is 1.